The minimum Gasteiger partial charge on any atom is -0.493 e. The highest BCUT2D eigenvalue weighted by Gasteiger charge is 2.10. The van der Waals surface area contributed by atoms with Gasteiger partial charge < -0.3 is 20.5 Å². The van der Waals surface area contributed by atoms with Gasteiger partial charge in [0, 0.05) is 12.6 Å². The zero-order chi connectivity index (χ0) is 18.1. The number of nitrogens with two attached hydrogens (primary N) is 1. The first-order valence-corrected chi connectivity index (χ1v) is 8.12. The minimum absolute atomic E-state index is 0.0985. The lowest BCUT2D eigenvalue weighted by Crippen LogP contribution is -2.35. The molecule has 2 aromatic rings. The summed E-state index contributed by atoms with van der Waals surface area (Å²) < 4.78 is 10.9. The number of hydrogen-bond acceptors (Lipinski definition) is 4. The molecule has 0 fully saturated rings. The molecule has 1 atom stereocenters. The van der Waals surface area contributed by atoms with E-state index in [-0.39, 0.29) is 18.6 Å². The second-order valence-electron chi connectivity index (χ2n) is 5.59. The van der Waals surface area contributed by atoms with Gasteiger partial charge in [0.05, 0.1) is 7.11 Å². The topological polar surface area (TPSA) is 73.6 Å². The summed E-state index contributed by atoms with van der Waals surface area (Å²) in [6.45, 7) is 3.96. The van der Waals surface area contributed by atoms with Gasteiger partial charge in [-0.05, 0) is 29.7 Å². The molecule has 0 aliphatic carbocycles. The summed E-state index contributed by atoms with van der Waals surface area (Å²) in [5.74, 6) is 0.884. The smallest absolute Gasteiger partial charge is 0.258 e. The van der Waals surface area contributed by atoms with Gasteiger partial charge in [0.15, 0.2) is 18.1 Å². The van der Waals surface area contributed by atoms with E-state index in [1.54, 1.807) is 13.2 Å². The van der Waals surface area contributed by atoms with Crippen molar-refractivity contribution in [1.29, 1.82) is 0 Å². The van der Waals surface area contributed by atoms with Gasteiger partial charge >= 0.3 is 0 Å². The van der Waals surface area contributed by atoms with Crippen LogP contribution < -0.4 is 20.5 Å². The van der Waals surface area contributed by atoms with Crippen LogP contribution >= 0.6 is 0 Å². The molecule has 2 aromatic carbocycles. The van der Waals surface area contributed by atoms with Crippen molar-refractivity contribution in [1.82, 2.24) is 5.32 Å². The molecule has 0 aliphatic heterocycles. The van der Waals surface area contributed by atoms with Crippen molar-refractivity contribution in [3.63, 3.8) is 0 Å². The van der Waals surface area contributed by atoms with Gasteiger partial charge in [-0.15, -0.1) is 6.58 Å². The molecule has 0 radical (unpaired) electrons. The Morgan fingerprint density at radius 1 is 1.24 bits per heavy atom. The number of amides is 1. The predicted molar refractivity (Wildman–Crippen MR) is 98.8 cm³/mol. The van der Waals surface area contributed by atoms with E-state index in [1.807, 2.05) is 48.5 Å². The highest BCUT2D eigenvalue weighted by Crippen LogP contribution is 2.28. The Hall–Kier alpha value is -2.79. The number of benzene rings is 2. The number of allylic oxidation sites excluding steroid dienone is 1. The second kappa shape index (κ2) is 9.49. The van der Waals surface area contributed by atoms with Gasteiger partial charge in [0.25, 0.3) is 5.91 Å². The van der Waals surface area contributed by atoms with Crippen LogP contribution in [-0.4, -0.2) is 26.2 Å². The minimum atomic E-state index is -0.252. The van der Waals surface area contributed by atoms with E-state index < -0.39 is 0 Å². The Bertz CT molecular complexity index is 701. The van der Waals surface area contributed by atoms with Crippen molar-refractivity contribution < 1.29 is 14.3 Å². The maximum absolute atomic E-state index is 12.0. The number of carbonyl (C=O) groups excluding carboxylic acids is 1. The lowest BCUT2D eigenvalue weighted by Gasteiger charge is -2.14. The monoisotopic (exact) mass is 340 g/mol. The van der Waals surface area contributed by atoms with Crippen LogP contribution in [0.25, 0.3) is 0 Å². The molecule has 0 bridgehead atoms. The Morgan fingerprint density at radius 2 is 2.00 bits per heavy atom. The Morgan fingerprint density at radius 3 is 2.68 bits per heavy atom. The zero-order valence-corrected chi connectivity index (χ0v) is 14.4. The standard InChI is InChI=1S/C20H24N2O3/c1-3-7-15-10-11-18(19(12-15)24-2)25-14-20(23)22-13-17(21)16-8-5-4-6-9-16/h3-6,8-12,17H,1,7,13-14,21H2,2H3,(H,22,23). The summed E-state index contributed by atoms with van der Waals surface area (Å²) >= 11 is 0. The van der Waals surface area contributed by atoms with Crippen molar-refractivity contribution in [2.45, 2.75) is 12.5 Å². The molecule has 0 heterocycles. The molecule has 0 aromatic heterocycles. The average molecular weight is 340 g/mol. The maximum Gasteiger partial charge on any atom is 0.258 e. The highest BCUT2D eigenvalue weighted by atomic mass is 16.5. The number of hydrogen-bond donors (Lipinski definition) is 2. The van der Waals surface area contributed by atoms with E-state index in [4.69, 9.17) is 15.2 Å². The summed E-state index contributed by atoms with van der Waals surface area (Å²) in [4.78, 5) is 12.0. The SMILES string of the molecule is C=CCc1ccc(OCC(=O)NCC(N)c2ccccc2)c(OC)c1. The molecule has 3 N–H and O–H groups in total. The summed E-state index contributed by atoms with van der Waals surface area (Å²) in [7, 11) is 1.57. The third-order valence-corrected chi connectivity index (χ3v) is 3.71. The number of nitrogens with one attached hydrogen (secondary N) is 1. The molecule has 0 aliphatic rings. The van der Waals surface area contributed by atoms with E-state index in [1.165, 1.54) is 0 Å². The lowest BCUT2D eigenvalue weighted by molar-refractivity contribution is -0.123. The number of ether oxygens (including phenoxy) is 2. The van der Waals surface area contributed by atoms with Crippen molar-refractivity contribution in [2.24, 2.45) is 5.73 Å². The Kier molecular flexibility index (Phi) is 7.04. The van der Waals surface area contributed by atoms with Crippen molar-refractivity contribution in [3.8, 4) is 11.5 Å². The molecule has 0 saturated heterocycles. The number of carbonyl (C=O) groups is 1. The normalized spacial score (nSPS) is 11.4. The van der Waals surface area contributed by atoms with Gasteiger partial charge in [-0.25, -0.2) is 0 Å². The fourth-order valence-electron chi connectivity index (χ4n) is 2.36. The average Bonchev–Trinajstić information content (AvgIpc) is 2.65. The summed E-state index contributed by atoms with van der Waals surface area (Å²) in [5, 5.41) is 2.78. The Labute approximate surface area is 148 Å². The maximum atomic E-state index is 12.0. The quantitative estimate of drug-likeness (QED) is 0.688. The van der Waals surface area contributed by atoms with Gasteiger partial charge in [0.2, 0.25) is 0 Å². The largest absolute Gasteiger partial charge is 0.493 e. The van der Waals surface area contributed by atoms with Crippen molar-refractivity contribution in [2.75, 3.05) is 20.3 Å². The molecule has 1 amide bonds. The fraction of sp³-hybridized carbons (Fsp3) is 0.250. The molecule has 0 spiro atoms. The highest BCUT2D eigenvalue weighted by molar-refractivity contribution is 5.77. The van der Waals surface area contributed by atoms with E-state index >= 15 is 0 Å². The van der Waals surface area contributed by atoms with Crippen LogP contribution in [-0.2, 0) is 11.2 Å². The number of methoxy groups -OCH3 is 1. The van der Waals surface area contributed by atoms with E-state index in [9.17, 15) is 4.79 Å². The van der Waals surface area contributed by atoms with Crippen LogP contribution in [0.5, 0.6) is 11.5 Å². The summed E-state index contributed by atoms with van der Waals surface area (Å²) in [5.41, 5.74) is 8.10. The molecular weight excluding hydrogens is 316 g/mol. The third kappa shape index (κ3) is 5.65. The Balaban J connectivity index is 1.84. The molecule has 5 nitrogen and oxygen atoms in total. The molecule has 25 heavy (non-hydrogen) atoms. The van der Waals surface area contributed by atoms with Gasteiger partial charge in [-0.1, -0.05) is 42.5 Å². The van der Waals surface area contributed by atoms with Gasteiger partial charge in [-0.2, -0.15) is 0 Å². The van der Waals surface area contributed by atoms with Crippen molar-refractivity contribution in [3.05, 3.63) is 72.3 Å². The van der Waals surface area contributed by atoms with E-state index in [0.29, 0.717) is 18.0 Å². The summed E-state index contributed by atoms with van der Waals surface area (Å²) in [6.07, 6.45) is 2.56. The first kappa shape index (κ1) is 18.5. The van der Waals surface area contributed by atoms with Crippen LogP contribution in [0.1, 0.15) is 17.2 Å². The number of rotatable bonds is 9. The van der Waals surface area contributed by atoms with Crippen LogP contribution in [0, 0.1) is 0 Å². The van der Waals surface area contributed by atoms with Crippen LogP contribution in [0.3, 0.4) is 0 Å². The fourth-order valence-corrected chi connectivity index (χ4v) is 2.36. The summed E-state index contributed by atoms with van der Waals surface area (Å²) in [6, 6.07) is 15.0. The van der Waals surface area contributed by atoms with Crippen LogP contribution in [0.2, 0.25) is 0 Å². The van der Waals surface area contributed by atoms with Gasteiger partial charge in [-0.3, -0.25) is 4.79 Å². The zero-order valence-electron chi connectivity index (χ0n) is 14.4. The first-order chi connectivity index (χ1) is 12.1. The predicted octanol–water partition coefficient (Wildman–Crippen LogP) is 2.62. The first-order valence-electron chi connectivity index (χ1n) is 8.12. The third-order valence-electron chi connectivity index (χ3n) is 3.71. The molecule has 1 unspecified atom stereocenters. The van der Waals surface area contributed by atoms with Crippen LogP contribution in [0.15, 0.2) is 61.2 Å². The molecule has 2 rings (SSSR count). The van der Waals surface area contributed by atoms with Crippen molar-refractivity contribution >= 4 is 5.91 Å². The molecular formula is C20H24N2O3. The lowest BCUT2D eigenvalue weighted by atomic mass is 10.1. The molecule has 132 valence electrons. The van der Waals surface area contributed by atoms with E-state index in [2.05, 4.69) is 11.9 Å². The molecule has 5 heteroatoms. The van der Waals surface area contributed by atoms with E-state index in [0.717, 1.165) is 17.5 Å². The van der Waals surface area contributed by atoms with Crippen LogP contribution in [0.4, 0.5) is 0 Å². The molecule has 0 saturated carbocycles. The van der Waals surface area contributed by atoms with Gasteiger partial charge in [0.1, 0.15) is 0 Å². The second-order valence-corrected chi connectivity index (χ2v) is 5.59.